The summed E-state index contributed by atoms with van der Waals surface area (Å²) in [7, 11) is 0. The van der Waals surface area contributed by atoms with Gasteiger partial charge in [-0.15, -0.1) is 0 Å². The number of halogens is 1. The number of nitrogens with zero attached hydrogens (tertiary/aromatic N) is 1. The van der Waals surface area contributed by atoms with Gasteiger partial charge in [0.2, 0.25) is 0 Å². The maximum absolute atomic E-state index is 12.5. The van der Waals surface area contributed by atoms with Crippen LogP contribution in [0.2, 0.25) is 5.02 Å². The number of aliphatic imine (C=N–C) groups is 1. The van der Waals surface area contributed by atoms with Gasteiger partial charge < -0.3 is 15.4 Å². The molecule has 166 valence electrons. The largest absolute Gasteiger partial charge is 0.483 e. The van der Waals surface area contributed by atoms with E-state index in [4.69, 9.17) is 16.3 Å². The zero-order valence-electron chi connectivity index (χ0n) is 17.7. The molecule has 0 bridgehead atoms. The van der Waals surface area contributed by atoms with E-state index in [-0.39, 0.29) is 18.4 Å². The lowest BCUT2D eigenvalue weighted by Crippen LogP contribution is -2.20. The molecule has 8 heteroatoms. The Bertz CT molecular complexity index is 1240. The molecule has 0 unspecified atom stereocenters. The first-order valence-corrected chi connectivity index (χ1v) is 11.3. The van der Waals surface area contributed by atoms with Gasteiger partial charge in [-0.05, 0) is 67.2 Å². The summed E-state index contributed by atoms with van der Waals surface area (Å²) in [6.45, 7) is 1.81. The van der Waals surface area contributed by atoms with Gasteiger partial charge in [0.15, 0.2) is 11.8 Å². The molecule has 3 aromatic carbocycles. The molecule has 1 aliphatic heterocycles. The highest BCUT2D eigenvalue weighted by molar-refractivity contribution is 8.18. The second kappa shape index (κ2) is 10.4. The fourth-order valence-corrected chi connectivity index (χ4v) is 4.00. The van der Waals surface area contributed by atoms with E-state index >= 15 is 0 Å². The average Bonchev–Trinajstić information content (AvgIpc) is 3.14. The molecule has 0 radical (unpaired) electrons. The Morgan fingerprint density at radius 1 is 1.12 bits per heavy atom. The Morgan fingerprint density at radius 3 is 2.64 bits per heavy atom. The van der Waals surface area contributed by atoms with Crippen molar-refractivity contribution in [3.63, 3.8) is 0 Å². The van der Waals surface area contributed by atoms with Gasteiger partial charge in [-0.2, -0.15) is 0 Å². The number of para-hydroxylation sites is 1. The SMILES string of the molecule is Cc1ccc(N=C2NC(=O)/C(=C/c3cc(Cl)ccc3OCC(=O)Nc3ccccc3)S2)cc1. The maximum Gasteiger partial charge on any atom is 0.264 e. The second-order valence-electron chi connectivity index (χ2n) is 7.20. The van der Waals surface area contributed by atoms with Crippen LogP contribution in [0.4, 0.5) is 11.4 Å². The van der Waals surface area contributed by atoms with Gasteiger partial charge in [0.05, 0.1) is 10.6 Å². The molecule has 3 aromatic rings. The number of amidine groups is 1. The van der Waals surface area contributed by atoms with Gasteiger partial charge in [0.1, 0.15) is 5.75 Å². The molecular weight excluding hydrogens is 458 g/mol. The Balaban J connectivity index is 1.48. The highest BCUT2D eigenvalue weighted by Crippen LogP contribution is 2.32. The molecule has 1 saturated heterocycles. The van der Waals surface area contributed by atoms with E-state index in [0.29, 0.717) is 32.1 Å². The molecule has 4 rings (SSSR count). The third-order valence-electron chi connectivity index (χ3n) is 4.59. The van der Waals surface area contributed by atoms with Crippen molar-refractivity contribution in [1.29, 1.82) is 0 Å². The molecule has 2 N–H and O–H groups in total. The number of carbonyl (C=O) groups is 2. The molecule has 1 aliphatic rings. The van der Waals surface area contributed by atoms with Gasteiger partial charge in [0.25, 0.3) is 11.8 Å². The van der Waals surface area contributed by atoms with Crippen molar-refractivity contribution in [2.45, 2.75) is 6.92 Å². The highest BCUT2D eigenvalue weighted by atomic mass is 35.5. The summed E-state index contributed by atoms with van der Waals surface area (Å²) >= 11 is 7.39. The lowest BCUT2D eigenvalue weighted by atomic mass is 10.2. The van der Waals surface area contributed by atoms with Crippen LogP contribution in [0.5, 0.6) is 5.75 Å². The van der Waals surface area contributed by atoms with Crippen LogP contribution < -0.4 is 15.4 Å². The summed E-state index contributed by atoms with van der Waals surface area (Å²) < 4.78 is 5.72. The van der Waals surface area contributed by atoms with Crippen molar-refractivity contribution < 1.29 is 14.3 Å². The standard InChI is InChI=1S/C25H20ClN3O3S/c1-16-7-10-20(11-8-16)28-25-29-24(31)22(33-25)14-17-13-18(26)9-12-21(17)32-15-23(30)27-19-5-3-2-4-6-19/h2-14H,15H2,1H3,(H,27,30)(H,28,29,31)/b22-14-. The summed E-state index contributed by atoms with van der Waals surface area (Å²) in [5.41, 5.74) is 3.16. The van der Waals surface area contributed by atoms with Crippen LogP contribution in [-0.4, -0.2) is 23.6 Å². The Labute approximate surface area is 200 Å². The molecule has 6 nitrogen and oxygen atoms in total. The first-order valence-electron chi connectivity index (χ1n) is 10.1. The van der Waals surface area contributed by atoms with E-state index in [1.54, 1.807) is 36.4 Å². The van der Waals surface area contributed by atoms with Gasteiger partial charge in [0, 0.05) is 16.3 Å². The molecule has 0 aliphatic carbocycles. The van der Waals surface area contributed by atoms with Crippen LogP contribution in [-0.2, 0) is 9.59 Å². The number of benzene rings is 3. The Kier molecular flexibility index (Phi) is 7.12. The summed E-state index contributed by atoms with van der Waals surface area (Å²) in [4.78, 5) is 29.6. The van der Waals surface area contributed by atoms with E-state index in [0.717, 1.165) is 11.3 Å². The Hall–Kier alpha value is -3.55. The van der Waals surface area contributed by atoms with Gasteiger partial charge in [-0.3, -0.25) is 9.59 Å². The molecule has 1 fully saturated rings. The van der Waals surface area contributed by atoms with Crippen molar-refractivity contribution in [1.82, 2.24) is 5.32 Å². The smallest absolute Gasteiger partial charge is 0.264 e. The minimum Gasteiger partial charge on any atom is -0.483 e. The zero-order valence-corrected chi connectivity index (χ0v) is 19.2. The normalized spacial score (nSPS) is 15.5. The summed E-state index contributed by atoms with van der Waals surface area (Å²) in [6, 6.07) is 21.8. The van der Waals surface area contributed by atoms with E-state index in [1.165, 1.54) is 11.8 Å². The molecule has 0 saturated carbocycles. The number of aryl methyl sites for hydroxylation is 1. The van der Waals surface area contributed by atoms with E-state index in [2.05, 4.69) is 15.6 Å². The molecule has 33 heavy (non-hydrogen) atoms. The number of rotatable bonds is 6. The van der Waals surface area contributed by atoms with Gasteiger partial charge in [-0.1, -0.05) is 47.5 Å². The fourth-order valence-electron chi connectivity index (χ4n) is 2.98. The summed E-state index contributed by atoms with van der Waals surface area (Å²) in [6.07, 6.45) is 1.67. The van der Waals surface area contributed by atoms with Crippen molar-refractivity contribution in [2.24, 2.45) is 4.99 Å². The maximum atomic E-state index is 12.5. The lowest BCUT2D eigenvalue weighted by Gasteiger charge is -2.10. The molecule has 2 amide bonds. The number of amides is 2. The minimum atomic E-state index is -0.296. The van der Waals surface area contributed by atoms with Gasteiger partial charge >= 0.3 is 0 Å². The van der Waals surface area contributed by atoms with Crippen molar-refractivity contribution in [3.8, 4) is 5.75 Å². The zero-order chi connectivity index (χ0) is 23.2. The number of carbonyl (C=O) groups excluding carboxylic acids is 2. The first kappa shape index (κ1) is 22.6. The van der Waals surface area contributed by atoms with Crippen molar-refractivity contribution in [2.75, 3.05) is 11.9 Å². The first-order chi connectivity index (χ1) is 16.0. The number of anilines is 1. The quantitative estimate of drug-likeness (QED) is 0.456. The number of nitrogens with one attached hydrogen (secondary N) is 2. The molecule has 0 spiro atoms. The third kappa shape index (κ3) is 6.25. The number of ether oxygens (including phenoxy) is 1. The van der Waals surface area contributed by atoms with E-state index in [1.807, 2.05) is 49.4 Å². The number of thioether (sulfide) groups is 1. The van der Waals surface area contributed by atoms with Crippen LogP contribution in [0, 0.1) is 6.92 Å². The van der Waals surface area contributed by atoms with Crippen LogP contribution in [0.3, 0.4) is 0 Å². The van der Waals surface area contributed by atoms with E-state index in [9.17, 15) is 9.59 Å². The van der Waals surface area contributed by atoms with Crippen molar-refractivity contribution in [3.05, 3.63) is 93.9 Å². The van der Waals surface area contributed by atoms with Crippen LogP contribution in [0.25, 0.3) is 6.08 Å². The number of hydrogen-bond acceptors (Lipinski definition) is 5. The third-order valence-corrected chi connectivity index (χ3v) is 5.74. The molecule has 0 atom stereocenters. The topological polar surface area (TPSA) is 79.8 Å². The predicted octanol–water partition coefficient (Wildman–Crippen LogP) is 5.56. The highest BCUT2D eigenvalue weighted by Gasteiger charge is 2.24. The number of hydrogen-bond donors (Lipinski definition) is 2. The lowest BCUT2D eigenvalue weighted by molar-refractivity contribution is -0.118. The van der Waals surface area contributed by atoms with Crippen LogP contribution in [0.15, 0.2) is 82.7 Å². The molecule has 0 aromatic heterocycles. The van der Waals surface area contributed by atoms with E-state index < -0.39 is 0 Å². The fraction of sp³-hybridized carbons (Fsp3) is 0.0800. The summed E-state index contributed by atoms with van der Waals surface area (Å²) in [5, 5.41) is 6.51. The van der Waals surface area contributed by atoms with Crippen molar-refractivity contribution >= 4 is 57.8 Å². The minimum absolute atomic E-state index is 0.188. The molecular formula is C25H20ClN3O3S. The van der Waals surface area contributed by atoms with Gasteiger partial charge in [-0.25, -0.2) is 4.99 Å². The average molecular weight is 478 g/mol. The monoisotopic (exact) mass is 477 g/mol. The molecule has 1 heterocycles. The second-order valence-corrected chi connectivity index (χ2v) is 8.67. The van der Waals surface area contributed by atoms with Crippen LogP contribution in [0.1, 0.15) is 11.1 Å². The predicted molar refractivity (Wildman–Crippen MR) is 134 cm³/mol. The summed E-state index contributed by atoms with van der Waals surface area (Å²) in [5.74, 6) is -0.124. The van der Waals surface area contributed by atoms with Crippen LogP contribution >= 0.6 is 23.4 Å². The Morgan fingerprint density at radius 2 is 1.88 bits per heavy atom.